The van der Waals surface area contributed by atoms with Crippen molar-refractivity contribution in [2.75, 3.05) is 17.6 Å². The molecule has 0 bridgehead atoms. The summed E-state index contributed by atoms with van der Waals surface area (Å²) in [6, 6.07) is 3.69. The molecule has 88 valence electrons. The molecule has 1 aliphatic heterocycles. The topological polar surface area (TPSA) is 104 Å². The van der Waals surface area contributed by atoms with Gasteiger partial charge in [0.05, 0.1) is 11.3 Å². The third-order valence-electron chi connectivity index (χ3n) is 2.65. The van der Waals surface area contributed by atoms with Crippen LogP contribution in [-0.4, -0.2) is 23.5 Å². The molecule has 1 aromatic heterocycles. The van der Waals surface area contributed by atoms with Crippen LogP contribution in [0.25, 0.3) is 0 Å². The van der Waals surface area contributed by atoms with Gasteiger partial charge >= 0.3 is 0 Å². The smallest absolute Gasteiger partial charge is 0.220 e. The third kappa shape index (κ3) is 2.64. The first-order valence-electron chi connectivity index (χ1n) is 5.38. The molecule has 0 spiro atoms. The number of hydrogen-bond acceptors (Lipinski definition) is 5. The van der Waals surface area contributed by atoms with Gasteiger partial charge in [-0.3, -0.25) is 4.79 Å². The van der Waals surface area contributed by atoms with Crippen LogP contribution in [-0.2, 0) is 4.79 Å². The fraction of sp³-hybridized carbons (Fsp3) is 0.364. The average molecular weight is 231 g/mol. The minimum atomic E-state index is 0.0730. The van der Waals surface area contributed by atoms with Crippen molar-refractivity contribution in [3.63, 3.8) is 0 Å². The van der Waals surface area contributed by atoms with Crippen molar-refractivity contribution >= 4 is 17.4 Å². The van der Waals surface area contributed by atoms with Crippen molar-refractivity contribution in [2.24, 2.45) is 0 Å². The standard InChI is InChI=1S/C11H13N5O/c12-4-7-3-9(13)11(15-5-7)16-8-1-2-10(17)14-6-8/h3,5,8H,1-2,6,13H2,(H,14,17)(H,15,16). The number of piperidine rings is 1. The number of anilines is 2. The van der Waals surface area contributed by atoms with Crippen LogP contribution in [0.4, 0.5) is 11.5 Å². The first-order valence-corrected chi connectivity index (χ1v) is 5.38. The van der Waals surface area contributed by atoms with E-state index < -0.39 is 0 Å². The molecule has 1 aliphatic rings. The van der Waals surface area contributed by atoms with Crippen LogP contribution in [0.1, 0.15) is 18.4 Å². The summed E-state index contributed by atoms with van der Waals surface area (Å²) in [4.78, 5) is 15.1. The molecule has 17 heavy (non-hydrogen) atoms. The number of nitriles is 1. The maximum atomic E-state index is 11.0. The molecular weight excluding hydrogens is 218 g/mol. The van der Waals surface area contributed by atoms with Crippen molar-refractivity contribution < 1.29 is 4.79 Å². The molecule has 1 unspecified atom stereocenters. The molecule has 0 aromatic carbocycles. The molecule has 1 fully saturated rings. The number of hydrogen-bond donors (Lipinski definition) is 3. The zero-order valence-electron chi connectivity index (χ0n) is 9.23. The van der Waals surface area contributed by atoms with Gasteiger partial charge in [0, 0.05) is 25.2 Å². The lowest BCUT2D eigenvalue weighted by molar-refractivity contribution is -0.122. The van der Waals surface area contributed by atoms with E-state index in [1.54, 1.807) is 6.07 Å². The number of nitrogens with zero attached hydrogens (tertiary/aromatic N) is 2. The number of amides is 1. The quantitative estimate of drug-likeness (QED) is 0.675. The molecule has 2 rings (SSSR count). The highest BCUT2D eigenvalue weighted by Crippen LogP contribution is 2.18. The Labute approximate surface area is 98.8 Å². The lowest BCUT2D eigenvalue weighted by Gasteiger charge is -2.24. The van der Waals surface area contributed by atoms with Crippen LogP contribution in [0.3, 0.4) is 0 Å². The first-order chi connectivity index (χ1) is 8.19. The summed E-state index contributed by atoms with van der Waals surface area (Å²) < 4.78 is 0. The molecule has 4 N–H and O–H groups in total. The molecular formula is C11H13N5O. The Morgan fingerprint density at radius 1 is 1.65 bits per heavy atom. The number of nitrogens with two attached hydrogens (primary N) is 1. The minimum Gasteiger partial charge on any atom is -0.396 e. The Balaban J connectivity index is 2.04. The average Bonchev–Trinajstić information content (AvgIpc) is 2.34. The van der Waals surface area contributed by atoms with Crippen molar-refractivity contribution in [2.45, 2.75) is 18.9 Å². The van der Waals surface area contributed by atoms with Gasteiger partial charge < -0.3 is 16.4 Å². The maximum absolute atomic E-state index is 11.0. The van der Waals surface area contributed by atoms with E-state index in [2.05, 4.69) is 15.6 Å². The van der Waals surface area contributed by atoms with Crippen LogP contribution < -0.4 is 16.4 Å². The van der Waals surface area contributed by atoms with E-state index in [0.29, 0.717) is 30.0 Å². The highest BCUT2D eigenvalue weighted by molar-refractivity contribution is 5.77. The third-order valence-corrected chi connectivity index (χ3v) is 2.65. The van der Waals surface area contributed by atoms with E-state index in [-0.39, 0.29) is 11.9 Å². The first kappa shape index (κ1) is 11.2. The molecule has 1 saturated heterocycles. The van der Waals surface area contributed by atoms with E-state index >= 15 is 0 Å². The summed E-state index contributed by atoms with van der Waals surface area (Å²) in [5.74, 6) is 0.633. The van der Waals surface area contributed by atoms with Gasteiger partial charge in [0.2, 0.25) is 5.91 Å². The highest BCUT2D eigenvalue weighted by atomic mass is 16.1. The predicted octanol–water partition coefficient (Wildman–Crippen LogP) is 0.226. The van der Waals surface area contributed by atoms with Crippen LogP contribution in [0.2, 0.25) is 0 Å². The van der Waals surface area contributed by atoms with Gasteiger partial charge in [-0.1, -0.05) is 0 Å². The van der Waals surface area contributed by atoms with Gasteiger partial charge in [-0.25, -0.2) is 4.98 Å². The number of nitrogen functional groups attached to an aromatic ring is 1. The van der Waals surface area contributed by atoms with E-state index in [4.69, 9.17) is 11.0 Å². The number of nitrogens with one attached hydrogen (secondary N) is 2. The van der Waals surface area contributed by atoms with Gasteiger partial charge in [-0.2, -0.15) is 5.26 Å². The monoisotopic (exact) mass is 231 g/mol. The maximum Gasteiger partial charge on any atom is 0.220 e. The minimum absolute atomic E-state index is 0.0730. The predicted molar refractivity (Wildman–Crippen MR) is 63.0 cm³/mol. The largest absolute Gasteiger partial charge is 0.396 e. The molecule has 6 nitrogen and oxygen atoms in total. The van der Waals surface area contributed by atoms with Gasteiger partial charge in [-0.15, -0.1) is 0 Å². The summed E-state index contributed by atoms with van der Waals surface area (Å²) in [6.45, 7) is 0.569. The van der Waals surface area contributed by atoms with Crippen LogP contribution >= 0.6 is 0 Å². The molecule has 6 heteroatoms. The summed E-state index contributed by atoms with van der Waals surface area (Å²) in [7, 11) is 0. The van der Waals surface area contributed by atoms with Gasteiger partial charge in [0.25, 0.3) is 0 Å². The molecule has 1 aromatic rings. The Kier molecular flexibility index (Phi) is 3.10. The Hall–Kier alpha value is -2.29. The zero-order valence-corrected chi connectivity index (χ0v) is 9.23. The molecule has 0 radical (unpaired) electrons. The Morgan fingerprint density at radius 3 is 3.06 bits per heavy atom. The Morgan fingerprint density at radius 2 is 2.47 bits per heavy atom. The SMILES string of the molecule is N#Cc1cnc(NC2CCC(=O)NC2)c(N)c1. The van der Waals surface area contributed by atoms with Gasteiger partial charge in [0.15, 0.2) is 0 Å². The van der Waals surface area contributed by atoms with E-state index in [1.807, 2.05) is 6.07 Å². The number of rotatable bonds is 2. The second-order valence-electron chi connectivity index (χ2n) is 3.96. The second-order valence-corrected chi connectivity index (χ2v) is 3.96. The van der Waals surface area contributed by atoms with E-state index in [0.717, 1.165) is 6.42 Å². The fourth-order valence-corrected chi connectivity index (χ4v) is 1.71. The van der Waals surface area contributed by atoms with Crippen LogP contribution in [0.5, 0.6) is 0 Å². The summed E-state index contributed by atoms with van der Waals surface area (Å²) in [5.41, 5.74) is 6.66. The van der Waals surface area contributed by atoms with E-state index in [9.17, 15) is 4.79 Å². The van der Waals surface area contributed by atoms with Crippen LogP contribution in [0.15, 0.2) is 12.3 Å². The normalized spacial score (nSPS) is 19.2. The molecule has 1 atom stereocenters. The molecule has 2 heterocycles. The second kappa shape index (κ2) is 4.70. The summed E-state index contributed by atoms with van der Waals surface area (Å²) in [5, 5.41) is 14.6. The lowest BCUT2D eigenvalue weighted by atomic mass is 10.1. The molecule has 1 amide bonds. The molecule has 0 aliphatic carbocycles. The van der Waals surface area contributed by atoms with Crippen molar-refractivity contribution in [3.05, 3.63) is 17.8 Å². The fourth-order valence-electron chi connectivity index (χ4n) is 1.71. The number of carbonyl (C=O) groups is 1. The highest BCUT2D eigenvalue weighted by Gasteiger charge is 2.18. The van der Waals surface area contributed by atoms with Crippen molar-refractivity contribution in [1.29, 1.82) is 5.26 Å². The number of pyridine rings is 1. The lowest BCUT2D eigenvalue weighted by Crippen LogP contribution is -2.42. The van der Waals surface area contributed by atoms with Gasteiger partial charge in [-0.05, 0) is 12.5 Å². The Bertz CT molecular complexity index is 469. The van der Waals surface area contributed by atoms with E-state index in [1.165, 1.54) is 6.20 Å². The number of aromatic nitrogens is 1. The molecule has 0 saturated carbocycles. The number of carbonyl (C=O) groups excluding carboxylic acids is 1. The van der Waals surface area contributed by atoms with Crippen molar-refractivity contribution in [3.8, 4) is 6.07 Å². The van der Waals surface area contributed by atoms with Crippen molar-refractivity contribution in [1.82, 2.24) is 10.3 Å². The summed E-state index contributed by atoms with van der Waals surface area (Å²) in [6.07, 6.45) is 2.74. The van der Waals surface area contributed by atoms with Crippen LogP contribution in [0, 0.1) is 11.3 Å². The summed E-state index contributed by atoms with van der Waals surface area (Å²) >= 11 is 0. The van der Waals surface area contributed by atoms with Gasteiger partial charge in [0.1, 0.15) is 11.9 Å². The zero-order chi connectivity index (χ0) is 12.3.